The van der Waals surface area contributed by atoms with Crippen LogP contribution in [-0.2, 0) is 18.4 Å². The van der Waals surface area contributed by atoms with Crippen molar-refractivity contribution in [2.45, 2.75) is 59.0 Å². The first-order valence-electron chi connectivity index (χ1n) is 11.8. The molecular formula is C26H33Cl2N7O. The summed E-state index contributed by atoms with van der Waals surface area (Å²) in [6.45, 7) is 12.2. The number of nitrogens with zero attached hydrogens (tertiary/aromatic N) is 5. The van der Waals surface area contributed by atoms with Gasteiger partial charge in [0.05, 0.1) is 0 Å². The van der Waals surface area contributed by atoms with Gasteiger partial charge in [0, 0.05) is 35.6 Å². The van der Waals surface area contributed by atoms with E-state index in [9.17, 15) is 4.79 Å². The van der Waals surface area contributed by atoms with Gasteiger partial charge in [0.15, 0.2) is 11.5 Å². The number of anilines is 2. The van der Waals surface area contributed by atoms with Gasteiger partial charge in [-0.15, -0.1) is 24.8 Å². The third kappa shape index (κ3) is 5.12. The molecule has 1 aliphatic heterocycles. The predicted molar refractivity (Wildman–Crippen MR) is 150 cm³/mol. The molecule has 8 nitrogen and oxygen atoms in total. The van der Waals surface area contributed by atoms with Gasteiger partial charge in [0.2, 0.25) is 5.95 Å². The molecule has 36 heavy (non-hydrogen) atoms. The van der Waals surface area contributed by atoms with E-state index in [0.717, 1.165) is 30.9 Å². The average Bonchev–Trinajstić information content (AvgIpc) is 3.10. The summed E-state index contributed by atoms with van der Waals surface area (Å²) in [4.78, 5) is 27.4. The zero-order valence-electron chi connectivity index (χ0n) is 21.2. The SMILES string of the molecule is CC(C)n1c(=O)c2cnc(Nc3ccc4c(c3)CNCC4)nc2n1-c1cccc(C(C)(C)C)n1.Cl.Cl. The van der Waals surface area contributed by atoms with E-state index in [0.29, 0.717) is 22.8 Å². The fraction of sp³-hybridized carbons (Fsp3) is 0.385. The van der Waals surface area contributed by atoms with E-state index in [1.807, 2.05) is 36.7 Å². The number of benzene rings is 1. The Bertz CT molecular complexity index is 1440. The van der Waals surface area contributed by atoms with Crippen molar-refractivity contribution in [2.24, 2.45) is 0 Å². The maximum absolute atomic E-state index is 13.3. The first-order valence-corrected chi connectivity index (χ1v) is 11.8. The number of halogens is 2. The topological polar surface area (TPSA) is 89.7 Å². The minimum atomic E-state index is -0.126. The number of hydrogen-bond donors (Lipinski definition) is 2. The molecule has 2 N–H and O–H groups in total. The Kier molecular flexibility index (Phi) is 8.13. The second kappa shape index (κ2) is 10.6. The van der Waals surface area contributed by atoms with E-state index >= 15 is 0 Å². The zero-order chi connectivity index (χ0) is 24.0. The average molecular weight is 531 g/mol. The monoisotopic (exact) mass is 529 g/mol. The minimum absolute atomic E-state index is 0. The van der Waals surface area contributed by atoms with Gasteiger partial charge in [-0.05, 0) is 62.2 Å². The highest BCUT2D eigenvalue weighted by molar-refractivity contribution is 5.85. The molecule has 1 aliphatic rings. The molecule has 192 valence electrons. The second-order valence-corrected chi connectivity index (χ2v) is 10.2. The summed E-state index contributed by atoms with van der Waals surface area (Å²) in [6, 6.07) is 12.2. The summed E-state index contributed by atoms with van der Waals surface area (Å²) in [5, 5.41) is 7.20. The number of nitrogens with one attached hydrogen (secondary N) is 2. The van der Waals surface area contributed by atoms with Crippen LogP contribution >= 0.6 is 24.8 Å². The van der Waals surface area contributed by atoms with E-state index in [2.05, 4.69) is 54.6 Å². The lowest BCUT2D eigenvalue weighted by atomic mass is 9.92. The van der Waals surface area contributed by atoms with Crippen LogP contribution in [0.4, 0.5) is 11.6 Å². The Morgan fingerprint density at radius 2 is 1.83 bits per heavy atom. The third-order valence-electron chi connectivity index (χ3n) is 6.18. The molecular weight excluding hydrogens is 497 g/mol. The van der Waals surface area contributed by atoms with Crippen LogP contribution in [0.15, 0.2) is 47.4 Å². The Balaban J connectivity index is 0.00000180. The van der Waals surface area contributed by atoms with Crippen LogP contribution < -0.4 is 16.2 Å². The van der Waals surface area contributed by atoms with Crippen molar-refractivity contribution in [1.29, 1.82) is 0 Å². The molecule has 0 fully saturated rings. The van der Waals surface area contributed by atoms with Crippen LogP contribution in [0, 0.1) is 0 Å². The molecule has 1 aromatic carbocycles. The van der Waals surface area contributed by atoms with Gasteiger partial charge in [-0.1, -0.05) is 32.9 Å². The molecule has 4 aromatic rings. The van der Waals surface area contributed by atoms with Gasteiger partial charge >= 0.3 is 0 Å². The fourth-order valence-corrected chi connectivity index (χ4v) is 4.39. The number of aromatic nitrogens is 5. The zero-order valence-corrected chi connectivity index (χ0v) is 22.8. The van der Waals surface area contributed by atoms with Crippen molar-refractivity contribution in [3.8, 4) is 5.82 Å². The summed E-state index contributed by atoms with van der Waals surface area (Å²) in [5.41, 5.74) is 4.81. The van der Waals surface area contributed by atoms with Gasteiger partial charge in [0.25, 0.3) is 5.56 Å². The first-order chi connectivity index (χ1) is 16.2. The molecule has 0 spiro atoms. The van der Waals surface area contributed by atoms with Crippen molar-refractivity contribution in [3.63, 3.8) is 0 Å². The first kappa shape index (κ1) is 27.6. The summed E-state index contributed by atoms with van der Waals surface area (Å²) in [6.07, 6.45) is 2.64. The molecule has 0 aliphatic carbocycles. The van der Waals surface area contributed by atoms with Crippen molar-refractivity contribution in [3.05, 3.63) is 69.8 Å². The molecule has 0 saturated heterocycles. The van der Waals surface area contributed by atoms with Crippen LogP contribution in [0.2, 0.25) is 0 Å². The molecule has 4 heterocycles. The van der Waals surface area contributed by atoms with E-state index < -0.39 is 0 Å². The minimum Gasteiger partial charge on any atom is -0.324 e. The molecule has 5 rings (SSSR count). The predicted octanol–water partition coefficient (Wildman–Crippen LogP) is 5.09. The molecule has 10 heteroatoms. The van der Waals surface area contributed by atoms with Gasteiger partial charge in [-0.3, -0.25) is 4.79 Å². The Morgan fingerprint density at radius 3 is 2.56 bits per heavy atom. The summed E-state index contributed by atoms with van der Waals surface area (Å²) in [7, 11) is 0. The Labute approximate surface area is 223 Å². The number of fused-ring (bicyclic) bond motifs is 2. The maximum atomic E-state index is 13.3. The third-order valence-corrected chi connectivity index (χ3v) is 6.18. The van der Waals surface area contributed by atoms with E-state index in [1.54, 1.807) is 10.9 Å². The molecule has 0 atom stereocenters. The standard InChI is InChI=1S/C26H31N7O.2ClH/c1-16(2)32-24(34)20-15-28-25(29-19-10-9-17-11-12-27-14-18(17)13-19)31-23(20)33(32)22-8-6-7-21(30-22)26(3,4)5;;/h6-10,13,15-16,27H,11-12,14H2,1-5H3,(H,28,29,31);2*1H. The van der Waals surface area contributed by atoms with Crippen LogP contribution in [0.25, 0.3) is 16.9 Å². The summed E-state index contributed by atoms with van der Waals surface area (Å²) >= 11 is 0. The normalized spacial score (nSPS) is 13.2. The molecule has 0 bridgehead atoms. The highest BCUT2D eigenvalue weighted by Crippen LogP contribution is 2.25. The lowest BCUT2D eigenvalue weighted by Gasteiger charge is -2.20. The second-order valence-electron chi connectivity index (χ2n) is 10.2. The maximum Gasteiger partial charge on any atom is 0.278 e. The molecule has 3 aromatic heterocycles. The fourth-order valence-electron chi connectivity index (χ4n) is 4.39. The van der Waals surface area contributed by atoms with Gasteiger partial charge in [0.1, 0.15) is 5.39 Å². The number of pyridine rings is 1. The molecule has 0 radical (unpaired) electrons. The van der Waals surface area contributed by atoms with E-state index in [1.165, 1.54) is 11.1 Å². The van der Waals surface area contributed by atoms with E-state index in [4.69, 9.17) is 9.97 Å². The van der Waals surface area contributed by atoms with Gasteiger partial charge < -0.3 is 10.6 Å². The molecule has 0 unspecified atom stereocenters. The van der Waals surface area contributed by atoms with Crippen LogP contribution in [-0.4, -0.2) is 30.9 Å². The van der Waals surface area contributed by atoms with Crippen molar-refractivity contribution >= 4 is 47.5 Å². The summed E-state index contributed by atoms with van der Waals surface area (Å²) < 4.78 is 3.52. The van der Waals surface area contributed by atoms with Crippen molar-refractivity contribution in [1.82, 2.24) is 29.6 Å². The largest absolute Gasteiger partial charge is 0.324 e. The molecule has 0 saturated carbocycles. The van der Waals surface area contributed by atoms with Crippen molar-refractivity contribution < 1.29 is 0 Å². The molecule has 0 amide bonds. The van der Waals surface area contributed by atoms with Gasteiger partial charge in [-0.2, -0.15) is 4.98 Å². The summed E-state index contributed by atoms with van der Waals surface area (Å²) in [5.74, 6) is 1.11. The van der Waals surface area contributed by atoms with Crippen LogP contribution in [0.1, 0.15) is 57.5 Å². The highest BCUT2D eigenvalue weighted by Gasteiger charge is 2.22. The lowest BCUT2D eigenvalue weighted by molar-refractivity contribution is 0.469. The van der Waals surface area contributed by atoms with Gasteiger partial charge in [-0.25, -0.2) is 19.3 Å². The quantitative estimate of drug-likeness (QED) is 0.382. The number of rotatable bonds is 4. The van der Waals surface area contributed by atoms with Crippen molar-refractivity contribution in [2.75, 3.05) is 11.9 Å². The Morgan fingerprint density at radius 1 is 1.06 bits per heavy atom. The smallest absolute Gasteiger partial charge is 0.278 e. The Hall–Kier alpha value is -2.94. The van der Waals surface area contributed by atoms with Crippen LogP contribution in [0.3, 0.4) is 0 Å². The lowest BCUT2D eigenvalue weighted by Crippen LogP contribution is -2.25. The van der Waals surface area contributed by atoms with Crippen LogP contribution in [0.5, 0.6) is 0 Å². The highest BCUT2D eigenvalue weighted by atomic mass is 35.5. The van der Waals surface area contributed by atoms with E-state index in [-0.39, 0.29) is 41.8 Å². The number of hydrogen-bond acceptors (Lipinski definition) is 6.